The molecule has 2 heterocycles. The van der Waals surface area contributed by atoms with Gasteiger partial charge in [0.1, 0.15) is 5.56 Å². The Morgan fingerprint density at radius 2 is 1.96 bits per heavy atom. The number of alkyl halides is 3. The highest BCUT2D eigenvalue weighted by molar-refractivity contribution is 5.94. The first-order chi connectivity index (χ1) is 12.8. The van der Waals surface area contributed by atoms with Gasteiger partial charge in [-0.15, -0.1) is 0 Å². The van der Waals surface area contributed by atoms with Crippen LogP contribution in [0.1, 0.15) is 39.3 Å². The highest BCUT2D eigenvalue weighted by atomic mass is 19.4. The van der Waals surface area contributed by atoms with Gasteiger partial charge in [-0.2, -0.15) is 18.3 Å². The predicted octanol–water partition coefficient (Wildman–Crippen LogP) is 2.50. The van der Waals surface area contributed by atoms with Gasteiger partial charge < -0.3 is 15.2 Å². The Morgan fingerprint density at radius 1 is 1.26 bits per heavy atom. The quantitative estimate of drug-likeness (QED) is 0.846. The SMILES string of the molecule is O=C(NC1CCCOC1)c1ccc(-n2ncc(C(=O)O)c2C(F)(F)F)cc1. The number of rotatable bonds is 4. The van der Waals surface area contributed by atoms with E-state index in [0.29, 0.717) is 24.1 Å². The minimum Gasteiger partial charge on any atom is -0.478 e. The van der Waals surface area contributed by atoms with E-state index in [2.05, 4.69) is 10.4 Å². The van der Waals surface area contributed by atoms with E-state index in [1.54, 1.807) is 0 Å². The van der Waals surface area contributed by atoms with Crippen LogP contribution in [0.5, 0.6) is 0 Å². The van der Waals surface area contributed by atoms with Gasteiger partial charge >= 0.3 is 12.1 Å². The van der Waals surface area contributed by atoms with Crippen molar-refractivity contribution in [2.75, 3.05) is 13.2 Å². The molecular weight excluding hydrogens is 367 g/mol. The first-order valence-corrected chi connectivity index (χ1v) is 8.15. The summed E-state index contributed by atoms with van der Waals surface area (Å²) in [6.45, 7) is 1.08. The first-order valence-electron chi connectivity index (χ1n) is 8.15. The lowest BCUT2D eigenvalue weighted by molar-refractivity contribution is -0.143. The minimum atomic E-state index is -4.90. The van der Waals surface area contributed by atoms with E-state index in [1.165, 1.54) is 24.3 Å². The van der Waals surface area contributed by atoms with Crippen LogP contribution < -0.4 is 5.32 Å². The highest BCUT2D eigenvalue weighted by Gasteiger charge is 2.40. The number of carbonyl (C=O) groups excluding carboxylic acids is 1. The monoisotopic (exact) mass is 383 g/mol. The van der Waals surface area contributed by atoms with E-state index in [0.717, 1.165) is 12.8 Å². The van der Waals surface area contributed by atoms with Crippen LogP contribution in [0.25, 0.3) is 5.69 Å². The lowest BCUT2D eigenvalue weighted by Crippen LogP contribution is -2.40. The molecule has 2 aromatic rings. The maximum atomic E-state index is 13.3. The molecule has 1 unspecified atom stereocenters. The molecule has 10 heteroatoms. The number of carboxylic acids is 1. The average Bonchev–Trinajstić information content (AvgIpc) is 3.08. The summed E-state index contributed by atoms with van der Waals surface area (Å²) in [4.78, 5) is 23.3. The second kappa shape index (κ2) is 7.39. The fourth-order valence-corrected chi connectivity index (χ4v) is 2.85. The molecule has 1 amide bonds. The van der Waals surface area contributed by atoms with Gasteiger partial charge in [0.15, 0.2) is 5.69 Å². The maximum absolute atomic E-state index is 13.3. The molecule has 7 nitrogen and oxygen atoms in total. The Morgan fingerprint density at radius 3 is 2.52 bits per heavy atom. The van der Waals surface area contributed by atoms with Crippen molar-refractivity contribution >= 4 is 11.9 Å². The molecule has 3 rings (SSSR count). The average molecular weight is 383 g/mol. The molecule has 1 aromatic carbocycles. The van der Waals surface area contributed by atoms with Gasteiger partial charge in [0, 0.05) is 12.2 Å². The van der Waals surface area contributed by atoms with Crippen LogP contribution in [0.2, 0.25) is 0 Å². The Hall–Kier alpha value is -2.88. The number of nitrogens with one attached hydrogen (secondary N) is 1. The van der Waals surface area contributed by atoms with E-state index in [1.807, 2.05) is 0 Å². The molecule has 0 radical (unpaired) electrons. The molecule has 1 aliphatic heterocycles. The third-order valence-electron chi connectivity index (χ3n) is 4.14. The number of amides is 1. The zero-order chi connectivity index (χ0) is 19.6. The van der Waals surface area contributed by atoms with Crippen LogP contribution in [0.3, 0.4) is 0 Å². The molecule has 1 aliphatic rings. The summed E-state index contributed by atoms with van der Waals surface area (Å²) in [5, 5.41) is 15.3. The van der Waals surface area contributed by atoms with Crippen LogP contribution in [0.4, 0.5) is 13.2 Å². The van der Waals surface area contributed by atoms with Crippen molar-refractivity contribution in [3.05, 3.63) is 47.3 Å². The minimum absolute atomic E-state index is 0.00706. The fourth-order valence-electron chi connectivity index (χ4n) is 2.85. The summed E-state index contributed by atoms with van der Waals surface area (Å²) in [6.07, 6.45) is -2.62. The van der Waals surface area contributed by atoms with Gasteiger partial charge in [-0.3, -0.25) is 4.79 Å². The molecule has 1 fully saturated rings. The largest absolute Gasteiger partial charge is 0.478 e. The van der Waals surface area contributed by atoms with Crippen molar-refractivity contribution in [3.63, 3.8) is 0 Å². The Labute approximate surface area is 151 Å². The van der Waals surface area contributed by atoms with E-state index in [-0.39, 0.29) is 23.2 Å². The molecule has 27 heavy (non-hydrogen) atoms. The summed E-state index contributed by atoms with van der Waals surface area (Å²) >= 11 is 0. The number of nitrogens with zero attached hydrogens (tertiary/aromatic N) is 2. The number of carboxylic acid groups (broad SMARTS) is 1. The fraction of sp³-hybridized carbons (Fsp3) is 0.353. The second-order valence-corrected chi connectivity index (χ2v) is 6.06. The van der Waals surface area contributed by atoms with Gasteiger partial charge in [-0.25, -0.2) is 9.48 Å². The number of hydrogen-bond donors (Lipinski definition) is 2. The molecule has 0 saturated carbocycles. The zero-order valence-electron chi connectivity index (χ0n) is 14.0. The van der Waals surface area contributed by atoms with E-state index < -0.39 is 23.4 Å². The number of halogens is 3. The molecule has 144 valence electrons. The summed E-state index contributed by atoms with van der Waals surface area (Å²) in [5.74, 6) is -2.08. The van der Waals surface area contributed by atoms with Crippen LogP contribution in [0, 0.1) is 0 Å². The van der Waals surface area contributed by atoms with E-state index in [4.69, 9.17) is 9.84 Å². The van der Waals surface area contributed by atoms with Gasteiger partial charge in [-0.1, -0.05) is 0 Å². The number of aromatic carboxylic acids is 1. The standard InChI is InChI=1S/C17H16F3N3O4/c18-17(19,20)14-13(16(25)26)8-21-23(14)12-5-3-10(4-6-12)15(24)22-11-2-1-7-27-9-11/h3-6,8,11H,1-2,7,9H2,(H,22,24)(H,25,26). The molecule has 1 atom stereocenters. The number of aromatic nitrogens is 2. The van der Waals surface area contributed by atoms with Crippen LogP contribution in [0.15, 0.2) is 30.5 Å². The molecule has 0 spiro atoms. The molecular formula is C17H16F3N3O4. The predicted molar refractivity (Wildman–Crippen MR) is 86.8 cm³/mol. The topological polar surface area (TPSA) is 93.5 Å². The third kappa shape index (κ3) is 4.11. The van der Waals surface area contributed by atoms with Crippen molar-refractivity contribution in [3.8, 4) is 5.69 Å². The highest BCUT2D eigenvalue weighted by Crippen LogP contribution is 2.33. The Kier molecular flexibility index (Phi) is 5.17. The molecule has 2 N–H and O–H groups in total. The lowest BCUT2D eigenvalue weighted by Gasteiger charge is -2.23. The Balaban J connectivity index is 1.83. The van der Waals surface area contributed by atoms with Gasteiger partial charge in [0.05, 0.1) is 24.5 Å². The van der Waals surface area contributed by atoms with E-state index in [9.17, 15) is 22.8 Å². The van der Waals surface area contributed by atoms with Crippen molar-refractivity contribution in [1.82, 2.24) is 15.1 Å². The third-order valence-corrected chi connectivity index (χ3v) is 4.14. The summed E-state index contributed by atoms with van der Waals surface area (Å²) in [6, 6.07) is 5.17. The molecule has 0 bridgehead atoms. The summed E-state index contributed by atoms with van der Waals surface area (Å²) in [7, 11) is 0. The number of benzene rings is 1. The number of ether oxygens (including phenoxy) is 1. The lowest BCUT2D eigenvalue weighted by atomic mass is 10.1. The Bertz CT molecular complexity index is 840. The number of carbonyl (C=O) groups is 2. The van der Waals surface area contributed by atoms with Crippen molar-refractivity contribution in [1.29, 1.82) is 0 Å². The second-order valence-electron chi connectivity index (χ2n) is 6.06. The smallest absolute Gasteiger partial charge is 0.434 e. The van der Waals surface area contributed by atoms with Gasteiger partial charge in [-0.05, 0) is 37.1 Å². The van der Waals surface area contributed by atoms with Gasteiger partial charge in [0.25, 0.3) is 5.91 Å². The van der Waals surface area contributed by atoms with Crippen LogP contribution >= 0.6 is 0 Å². The zero-order valence-corrected chi connectivity index (χ0v) is 14.0. The first kappa shape index (κ1) is 18.9. The summed E-state index contributed by atoms with van der Waals surface area (Å²) in [5.41, 5.74) is -2.07. The number of hydrogen-bond acceptors (Lipinski definition) is 4. The normalized spacial score (nSPS) is 17.5. The molecule has 0 aliphatic carbocycles. The van der Waals surface area contributed by atoms with Crippen molar-refractivity contribution in [2.24, 2.45) is 0 Å². The molecule has 1 saturated heterocycles. The van der Waals surface area contributed by atoms with Crippen molar-refractivity contribution in [2.45, 2.75) is 25.1 Å². The van der Waals surface area contributed by atoms with E-state index >= 15 is 0 Å². The summed E-state index contributed by atoms with van der Waals surface area (Å²) < 4.78 is 45.5. The van der Waals surface area contributed by atoms with Crippen LogP contribution in [-0.2, 0) is 10.9 Å². The maximum Gasteiger partial charge on any atom is 0.434 e. The van der Waals surface area contributed by atoms with Gasteiger partial charge in [0.2, 0.25) is 0 Å². The molecule has 1 aromatic heterocycles. The van der Waals surface area contributed by atoms with Crippen molar-refractivity contribution < 1.29 is 32.6 Å². The van der Waals surface area contributed by atoms with Crippen LogP contribution in [-0.4, -0.2) is 46.0 Å².